The SMILES string of the molecule is CC(=O)Cc1ccccc1OC1CC1. The van der Waals surface area contributed by atoms with Gasteiger partial charge >= 0.3 is 0 Å². The smallest absolute Gasteiger partial charge is 0.134 e. The Hall–Kier alpha value is -1.31. The fourth-order valence-electron chi connectivity index (χ4n) is 1.40. The van der Waals surface area contributed by atoms with Gasteiger partial charge in [0.05, 0.1) is 6.10 Å². The van der Waals surface area contributed by atoms with Gasteiger partial charge in [0.25, 0.3) is 0 Å². The molecule has 1 aromatic rings. The van der Waals surface area contributed by atoms with Crippen LogP contribution >= 0.6 is 0 Å². The van der Waals surface area contributed by atoms with Gasteiger partial charge in [-0.25, -0.2) is 0 Å². The second-order valence-electron chi connectivity index (χ2n) is 3.80. The van der Waals surface area contributed by atoms with Gasteiger partial charge in [-0.1, -0.05) is 18.2 Å². The second kappa shape index (κ2) is 3.82. The number of rotatable bonds is 4. The largest absolute Gasteiger partial charge is 0.490 e. The van der Waals surface area contributed by atoms with Crippen LogP contribution in [0.15, 0.2) is 24.3 Å². The van der Waals surface area contributed by atoms with Crippen molar-refractivity contribution in [2.24, 2.45) is 0 Å². The first kappa shape index (κ1) is 9.25. The molecule has 0 N–H and O–H groups in total. The molecule has 0 radical (unpaired) electrons. The molecule has 1 aromatic carbocycles. The molecule has 2 heteroatoms. The average molecular weight is 190 g/mol. The Morgan fingerprint density at radius 1 is 1.43 bits per heavy atom. The zero-order valence-electron chi connectivity index (χ0n) is 8.32. The van der Waals surface area contributed by atoms with Gasteiger partial charge in [-0.2, -0.15) is 0 Å². The van der Waals surface area contributed by atoms with Crippen molar-refractivity contribution in [2.45, 2.75) is 32.3 Å². The van der Waals surface area contributed by atoms with Crippen molar-refractivity contribution in [2.75, 3.05) is 0 Å². The molecule has 0 saturated heterocycles. The summed E-state index contributed by atoms with van der Waals surface area (Å²) in [7, 11) is 0. The van der Waals surface area contributed by atoms with E-state index in [1.165, 1.54) is 0 Å². The van der Waals surface area contributed by atoms with Crippen LogP contribution in [0.1, 0.15) is 25.3 Å². The molecule has 0 bridgehead atoms. The number of hydrogen-bond donors (Lipinski definition) is 0. The van der Waals surface area contributed by atoms with E-state index in [-0.39, 0.29) is 5.78 Å². The number of ketones is 1. The van der Waals surface area contributed by atoms with Crippen molar-refractivity contribution in [1.82, 2.24) is 0 Å². The molecule has 1 fully saturated rings. The van der Waals surface area contributed by atoms with Gasteiger partial charge in [0.15, 0.2) is 0 Å². The molecule has 1 aliphatic rings. The Labute approximate surface area is 83.9 Å². The lowest BCUT2D eigenvalue weighted by Crippen LogP contribution is -2.03. The minimum Gasteiger partial charge on any atom is -0.490 e. The molecular formula is C12H14O2. The van der Waals surface area contributed by atoms with E-state index >= 15 is 0 Å². The van der Waals surface area contributed by atoms with E-state index in [2.05, 4.69) is 0 Å². The van der Waals surface area contributed by atoms with Crippen molar-refractivity contribution in [3.8, 4) is 5.75 Å². The van der Waals surface area contributed by atoms with Gasteiger partial charge in [0.2, 0.25) is 0 Å². The number of ether oxygens (including phenoxy) is 1. The van der Waals surface area contributed by atoms with Crippen molar-refractivity contribution in [3.63, 3.8) is 0 Å². The van der Waals surface area contributed by atoms with Gasteiger partial charge in [-0.3, -0.25) is 4.79 Å². The van der Waals surface area contributed by atoms with Gasteiger partial charge in [-0.05, 0) is 25.8 Å². The number of carbonyl (C=O) groups is 1. The molecule has 0 spiro atoms. The van der Waals surface area contributed by atoms with Crippen molar-refractivity contribution in [1.29, 1.82) is 0 Å². The minimum atomic E-state index is 0.178. The standard InChI is InChI=1S/C12H14O2/c1-9(13)8-10-4-2-3-5-12(10)14-11-6-7-11/h2-5,11H,6-8H2,1H3. The van der Waals surface area contributed by atoms with Crippen LogP contribution in [-0.4, -0.2) is 11.9 Å². The van der Waals surface area contributed by atoms with Gasteiger partial charge in [-0.15, -0.1) is 0 Å². The topological polar surface area (TPSA) is 26.3 Å². The first-order valence-electron chi connectivity index (χ1n) is 4.99. The Balaban J connectivity index is 2.14. The van der Waals surface area contributed by atoms with Crippen molar-refractivity contribution in [3.05, 3.63) is 29.8 Å². The minimum absolute atomic E-state index is 0.178. The highest BCUT2D eigenvalue weighted by atomic mass is 16.5. The van der Waals surface area contributed by atoms with Gasteiger partial charge < -0.3 is 4.74 Å². The summed E-state index contributed by atoms with van der Waals surface area (Å²) < 4.78 is 5.71. The molecule has 2 nitrogen and oxygen atoms in total. The second-order valence-corrected chi connectivity index (χ2v) is 3.80. The average Bonchev–Trinajstić information content (AvgIpc) is 2.91. The molecule has 1 aliphatic carbocycles. The Morgan fingerprint density at radius 2 is 2.14 bits per heavy atom. The van der Waals surface area contributed by atoms with E-state index in [4.69, 9.17) is 4.74 Å². The fourth-order valence-corrected chi connectivity index (χ4v) is 1.40. The molecule has 0 heterocycles. The van der Waals surface area contributed by atoms with Crippen LogP contribution in [0.25, 0.3) is 0 Å². The van der Waals surface area contributed by atoms with Crippen LogP contribution in [0.2, 0.25) is 0 Å². The van der Waals surface area contributed by atoms with Gasteiger partial charge in [0.1, 0.15) is 11.5 Å². The molecule has 0 aliphatic heterocycles. The maximum absolute atomic E-state index is 11.0. The fraction of sp³-hybridized carbons (Fsp3) is 0.417. The van der Waals surface area contributed by atoms with E-state index < -0.39 is 0 Å². The summed E-state index contributed by atoms with van der Waals surface area (Å²) in [6.07, 6.45) is 3.16. The summed E-state index contributed by atoms with van der Waals surface area (Å²) in [5.74, 6) is 1.06. The quantitative estimate of drug-likeness (QED) is 0.728. The number of benzene rings is 1. The van der Waals surface area contributed by atoms with E-state index in [0.717, 1.165) is 24.2 Å². The molecule has 2 rings (SSSR count). The maximum Gasteiger partial charge on any atom is 0.134 e. The third kappa shape index (κ3) is 2.34. The lowest BCUT2D eigenvalue weighted by atomic mass is 10.1. The monoisotopic (exact) mass is 190 g/mol. The summed E-state index contributed by atoms with van der Waals surface area (Å²) in [5.41, 5.74) is 1.01. The Morgan fingerprint density at radius 3 is 2.79 bits per heavy atom. The number of Topliss-reactive ketones (excluding diaryl/α,β-unsaturated/α-hetero) is 1. The molecule has 1 saturated carbocycles. The molecule has 14 heavy (non-hydrogen) atoms. The molecule has 0 unspecified atom stereocenters. The van der Waals surface area contributed by atoms with E-state index in [0.29, 0.717) is 12.5 Å². The van der Waals surface area contributed by atoms with E-state index in [1.54, 1.807) is 6.92 Å². The molecule has 0 amide bonds. The van der Waals surface area contributed by atoms with Crippen LogP contribution in [0.4, 0.5) is 0 Å². The number of carbonyl (C=O) groups excluding carboxylic acids is 1. The Kier molecular flexibility index (Phi) is 2.53. The highest BCUT2D eigenvalue weighted by Crippen LogP contribution is 2.29. The van der Waals surface area contributed by atoms with Crippen LogP contribution in [0.5, 0.6) is 5.75 Å². The lowest BCUT2D eigenvalue weighted by Gasteiger charge is -2.08. The number of hydrogen-bond acceptors (Lipinski definition) is 2. The summed E-state index contributed by atoms with van der Waals surface area (Å²) >= 11 is 0. The predicted molar refractivity (Wildman–Crippen MR) is 54.5 cm³/mol. The highest BCUT2D eigenvalue weighted by Gasteiger charge is 2.24. The summed E-state index contributed by atoms with van der Waals surface area (Å²) in [6, 6.07) is 7.79. The maximum atomic E-state index is 11.0. The predicted octanol–water partition coefficient (Wildman–Crippen LogP) is 2.36. The zero-order chi connectivity index (χ0) is 9.97. The van der Waals surface area contributed by atoms with E-state index in [1.807, 2.05) is 24.3 Å². The van der Waals surface area contributed by atoms with Crippen LogP contribution in [0, 0.1) is 0 Å². The molecule has 74 valence electrons. The number of para-hydroxylation sites is 1. The van der Waals surface area contributed by atoms with Crippen LogP contribution in [0.3, 0.4) is 0 Å². The van der Waals surface area contributed by atoms with Gasteiger partial charge in [0, 0.05) is 12.0 Å². The van der Waals surface area contributed by atoms with Crippen molar-refractivity contribution < 1.29 is 9.53 Å². The first-order valence-corrected chi connectivity index (χ1v) is 4.99. The third-order valence-electron chi connectivity index (χ3n) is 2.23. The Bertz CT molecular complexity index is 340. The molecular weight excluding hydrogens is 176 g/mol. The zero-order valence-corrected chi connectivity index (χ0v) is 8.32. The third-order valence-corrected chi connectivity index (χ3v) is 2.23. The summed E-state index contributed by atoms with van der Waals surface area (Å²) in [5, 5.41) is 0. The lowest BCUT2D eigenvalue weighted by molar-refractivity contribution is -0.116. The first-order chi connectivity index (χ1) is 6.75. The summed E-state index contributed by atoms with van der Waals surface area (Å²) in [4.78, 5) is 11.0. The van der Waals surface area contributed by atoms with E-state index in [9.17, 15) is 4.79 Å². The summed E-state index contributed by atoms with van der Waals surface area (Å²) in [6.45, 7) is 1.61. The van der Waals surface area contributed by atoms with Crippen molar-refractivity contribution >= 4 is 5.78 Å². The molecule has 0 aromatic heterocycles. The normalized spacial score (nSPS) is 15.2. The highest BCUT2D eigenvalue weighted by molar-refractivity contribution is 5.78. The molecule has 0 atom stereocenters. The van der Waals surface area contributed by atoms with Crippen LogP contribution < -0.4 is 4.74 Å². The van der Waals surface area contributed by atoms with Crippen LogP contribution in [-0.2, 0) is 11.2 Å².